The summed E-state index contributed by atoms with van der Waals surface area (Å²) in [6.45, 7) is 0.135. The van der Waals surface area contributed by atoms with Gasteiger partial charge >= 0.3 is 0 Å². The SMILES string of the molecule is O=C(C1=C(O)C(=O)N(Cc2cccnc2)[C@H]1c1ccc(Cl)c(Cl)c1)c1ccco1. The van der Waals surface area contributed by atoms with Crippen LogP contribution >= 0.6 is 23.2 Å². The number of aliphatic hydroxyl groups is 1. The zero-order chi connectivity index (χ0) is 20.5. The monoisotopic (exact) mass is 428 g/mol. The van der Waals surface area contributed by atoms with Crippen LogP contribution in [0.25, 0.3) is 0 Å². The molecular weight excluding hydrogens is 415 g/mol. The van der Waals surface area contributed by atoms with Crippen molar-refractivity contribution in [3.8, 4) is 0 Å². The van der Waals surface area contributed by atoms with Crippen LogP contribution < -0.4 is 0 Å². The Bertz CT molecular complexity index is 1110. The molecule has 29 heavy (non-hydrogen) atoms. The van der Waals surface area contributed by atoms with E-state index in [-0.39, 0.29) is 22.9 Å². The van der Waals surface area contributed by atoms with Gasteiger partial charge in [-0.1, -0.05) is 35.3 Å². The third-order valence-electron chi connectivity index (χ3n) is 4.63. The van der Waals surface area contributed by atoms with E-state index in [1.807, 2.05) is 0 Å². The number of amides is 1. The summed E-state index contributed by atoms with van der Waals surface area (Å²) < 4.78 is 5.19. The van der Waals surface area contributed by atoms with E-state index in [4.69, 9.17) is 27.6 Å². The lowest BCUT2D eigenvalue weighted by molar-refractivity contribution is -0.130. The fourth-order valence-corrected chi connectivity index (χ4v) is 3.61. The molecule has 1 aromatic carbocycles. The molecule has 6 nitrogen and oxygen atoms in total. The molecule has 8 heteroatoms. The van der Waals surface area contributed by atoms with Gasteiger partial charge in [0.1, 0.15) is 0 Å². The van der Waals surface area contributed by atoms with Gasteiger partial charge in [0, 0.05) is 18.9 Å². The fraction of sp³-hybridized carbons (Fsp3) is 0.0952. The summed E-state index contributed by atoms with van der Waals surface area (Å²) in [7, 11) is 0. The number of hydrogen-bond donors (Lipinski definition) is 1. The molecule has 0 spiro atoms. The Morgan fingerprint density at radius 3 is 2.66 bits per heavy atom. The van der Waals surface area contributed by atoms with E-state index in [2.05, 4.69) is 4.98 Å². The molecule has 1 N–H and O–H groups in total. The largest absolute Gasteiger partial charge is 0.503 e. The number of aliphatic hydroxyl groups excluding tert-OH is 1. The Morgan fingerprint density at radius 1 is 1.17 bits per heavy atom. The van der Waals surface area contributed by atoms with E-state index in [9.17, 15) is 14.7 Å². The summed E-state index contributed by atoms with van der Waals surface area (Å²) in [6.07, 6.45) is 4.58. The standard InChI is InChI=1S/C21H14Cl2N2O4/c22-14-6-5-13(9-15(14)23)18-17(19(26)16-4-2-8-29-16)20(27)21(28)25(18)11-12-3-1-7-24-10-12/h1-10,18,27H,11H2/t18-/m0/s1. The molecule has 1 aliphatic rings. The first-order chi connectivity index (χ1) is 14.0. The molecule has 146 valence electrons. The maximum atomic E-state index is 13.0. The first-order valence-electron chi connectivity index (χ1n) is 8.63. The highest BCUT2D eigenvalue weighted by molar-refractivity contribution is 6.42. The van der Waals surface area contributed by atoms with E-state index in [0.29, 0.717) is 10.6 Å². The van der Waals surface area contributed by atoms with Gasteiger partial charge in [0.25, 0.3) is 5.91 Å². The smallest absolute Gasteiger partial charge is 0.290 e. The lowest BCUT2D eigenvalue weighted by Gasteiger charge is -2.27. The van der Waals surface area contributed by atoms with Crippen molar-refractivity contribution in [2.24, 2.45) is 0 Å². The average Bonchev–Trinajstić information content (AvgIpc) is 3.34. The number of rotatable bonds is 5. The molecule has 0 radical (unpaired) electrons. The second kappa shape index (κ2) is 7.73. The highest BCUT2D eigenvalue weighted by Gasteiger charge is 2.44. The Kier molecular flexibility index (Phi) is 5.13. The molecule has 4 rings (SSSR count). The van der Waals surface area contributed by atoms with E-state index < -0.39 is 23.5 Å². The van der Waals surface area contributed by atoms with Crippen LogP contribution in [-0.4, -0.2) is 26.7 Å². The number of halogens is 2. The van der Waals surface area contributed by atoms with Crippen LogP contribution in [0.2, 0.25) is 10.0 Å². The Labute approximate surface area is 176 Å². The summed E-state index contributed by atoms with van der Waals surface area (Å²) in [5.74, 6) is -1.84. The van der Waals surface area contributed by atoms with E-state index in [1.165, 1.54) is 17.2 Å². The molecule has 0 aliphatic carbocycles. The van der Waals surface area contributed by atoms with E-state index in [0.717, 1.165) is 5.56 Å². The highest BCUT2D eigenvalue weighted by Crippen LogP contribution is 2.41. The number of nitrogens with zero attached hydrogens (tertiary/aromatic N) is 2. The van der Waals surface area contributed by atoms with Gasteiger partial charge in [-0.15, -0.1) is 0 Å². The number of aromatic nitrogens is 1. The Hall–Kier alpha value is -3.09. The summed E-state index contributed by atoms with van der Waals surface area (Å²) in [4.78, 5) is 31.4. The minimum Gasteiger partial charge on any atom is -0.503 e. The van der Waals surface area contributed by atoms with Gasteiger partial charge in [0.2, 0.25) is 5.78 Å². The third kappa shape index (κ3) is 3.52. The van der Waals surface area contributed by atoms with Gasteiger partial charge in [-0.25, -0.2) is 0 Å². The number of furan rings is 1. The van der Waals surface area contributed by atoms with Crippen molar-refractivity contribution in [3.63, 3.8) is 0 Å². The first-order valence-corrected chi connectivity index (χ1v) is 9.39. The molecule has 2 aromatic heterocycles. The second-order valence-electron chi connectivity index (χ2n) is 6.44. The minimum atomic E-state index is -0.866. The van der Waals surface area contributed by atoms with Crippen molar-refractivity contribution in [1.82, 2.24) is 9.88 Å². The summed E-state index contributed by atoms with van der Waals surface area (Å²) in [6, 6.07) is 10.5. The van der Waals surface area contributed by atoms with Gasteiger partial charge in [-0.05, 0) is 41.5 Å². The Balaban J connectivity index is 1.82. The predicted molar refractivity (Wildman–Crippen MR) is 107 cm³/mol. The highest BCUT2D eigenvalue weighted by atomic mass is 35.5. The fourth-order valence-electron chi connectivity index (χ4n) is 3.31. The zero-order valence-corrected chi connectivity index (χ0v) is 16.4. The van der Waals surface area contributed by atoms with Gasteiger partial charge in [0.15, 0.2) is 11.5 Å². The quantitative estimate of drug-likeness (QED) is 0.592. The molecular formula is C21H14Cl2N2O4. The summed E-state index contributed by atoms with van der Waals surface area (Å²) in [5.41, 5.74) is 1.20. The summed E-state index contributed by atoms with van der Waals surface area (Å²) in [5, 5.41) is 11.2. The lowest BCUT2D eigenvalue weighted by atomic mass is 9.95. The molecule has 0 saturated carbocycles. The number of carbonyl (C=O) groups is 2. The molecule has 3 aromatic rings. The van der Waals surface area contributed by atoms with Gasteiger partial charge < -0.3 is 14.4 Å². The molecule has 1 aliphatic heterocycles. The summed E-state index contributed by atoms with van der Waals surface area (Å²) >= 11 is 12.2. The number of benzene rings is 1. The molecule has 1 amide bonds. The van der Waals surface area contributed by atoms with Crippen LogP contribution in [0.3, 0.4) is 0 Å². The van der Waals surface area contributed by atoms with Crippen molar-refractivity contribution in [1.29, 1.82) is 0 Å². The van der Waals surface area contributed by atoms with Gasteiger partial charge in [-0.2, -0.15) is 0 Å². The maximum absolute atomic E-state index is 13.0. The van der Waals surface area contributed by atoms with Gasteiger partial charge in [0.05, 0.1) is 27.9 Å². The van der Waals surface area contributed by atoms with Gasteiger partial charge in [-0.3, -0.25) is 14.6 Å². The molecule has 0 fully saturated rings. The normalized spacial score (nSPS) is 16.6. The lowest BCUT2D eigenvalue weighted by Crippen LogP contribution is -2.30. The topological polar surface area (TPSA) is 83.6 Å². The average molecular weight is 429 g/mol. The minimum absolute atomic E-state index is 0.0210. The second-order valence-corrected chi connectivity index (χ2v) is 7.25. The molecule has 3 heterocycles. The Morgan fingerprint density at radius 2 is 2.00 bits per heavy atom. The number of carbonyl (C=O) groups excluding carboxylic acids is 2. The van der Waals surface area contributed by atoms with Crippen LogP contribution in [-0.2, 0) is 11.3 Å². The number of hydrogen-bond acceptors (Lipinski definition) is 5. The van der Waals surface area contributed by atoms with Crippen molar-refractivity contribution < 1.29 is 19.1 Å². The number of pyridine rings is 1. The maximum Gasteiger partial charge on any atom is 0.290 e. The van der Waals surface area contributed by atoms with E-state index in [1.54, 1.807) is 48.8 Å². The van der Waals surface area contributed by atoms with Crippen molar-refractivity contribution in [2.45, 2.75) is 12.6 Å². The third-order valence-corrected chi connectivity index (χ3v) is 5.37. The molecule has 0 unspecified atom stereocenters. The first kappa shape index (κ1) is 19.2. The molecule has 0 bridgehead atoms. The van der Waals surface area contributed by atoms with Crippen LogP contribution in [0.4, 0.5) is 0 Å². The van der Waals surface area contributed by atoms with Crippen molar-refractivity contribution >= 4 is 34.9 Å². The van der Waals surface area contributed by atoms with Crippen molar-refractivity contribution in [2.75, 3.05) is 0 Å². The molecule has 0 saturated heterocycles. The number of ketones is 1. The van der Waals surface area contributed by atoms with E-state index >= 15 is 0 Å². The van der Waals surface area contributed by atoms with Crippen LogP contribution in [0.5, 0.6) is 0 Å². The number of Topliss-reactive ketones (excluding diaryl/α,β-unsaturated/α-hetero) is 1. The predicted octanol–water partition coefficient (Wildman–Crippen LogP) is 4.76. The van der Waals surface area contributed by atoms with Crippen molar-refractivity contribution in [3.05, 3.63) is 99.4 Å². The zero-order valence-electron chi connectivity index (χ0n) is 14.9. The van der Waals surface area contributed by atoms with Crippen LogP contribution in [0, 0.1) is 0 Å². The van der Waals surface area contributed by atoms with Crippen LogP contribution in [0.15, 0.2) is 76.9 Å². The van der Waals surface area contributed by atoms with Crippen LogP contribution in [0.1, 0.15) is 27.7 Å². The molecule has 1 atom stereocenters.